The van der Waals surface area contributed by atoms with E-state index in [1.807, 2.05) is 29.7 Å². The second-order valence-corrected chi connectivity index (χ2v) is 6.92. The van der Waals surface area contributed by atoms with Crippen LogP contribution in [0, 0.1) is 0 Å². The normalized spacial score (nSPS) is 17.7. The highest BCUT2D eigenvalue weighted by Crippen LogP contribution is 2.26. The Morgan fingerprint density at radius 1 is 1.27 bits per heavy atom. The lowest BCUT2D eigenvalue weighted by Gasteiger charge is -2.32. The number of benzene rings is 1. The molecule has 1 aliphatic heterocycles. The summed E-state index contributed by atoms with van der Waals surface area (Å²) in [7, 11) is 0. The maximum atomic E-state index is 12.4. The van der Waals surface area contributed by atoms with Gasteiger partial charge in [0.1, 0.15) is 0 Å². The van der Waals surface area contributed by atoms with Gasteiger partial charge in [-0.1, -0.05) is 24.7 Å². The van der Waals surface area contributed by atoms with Gasteiger partial charge >= 0.3 is 4.87 Å². The summed E-state index contributed by atoms with van der Waals surface area (Å²) in [4.78, 5) is 26.7. The predicted octanol–water partition coefficient (Wildman–Crippen LogP) is 3.66. The highest BCUT2D eigenvalue weighted by atomic mass is 32.1. The van der Waals surface area contributed by atoms with Crippen molar-refractivity contribution >= 4 is 27.3 Å². The van der Waals surface area contributed by atoms with Crippen molar-refractivity contribution in [1.29, 1.82) is 0 Å². The molecule has 0 radical (unpaired) electrons. The summed E-state index contributed by atoms with van der Waals surface area (Å²) in [5, 5.41) is 0. The zero-order valence-electron chi connectivity index (χ0n) is 13.2. The molecule has 22 heavy (non-hydrogen) atoms. The van der Waals surface area contributed by atoms with E-state index in [9.17, 15) is 9.59 Å². The molecule has 0 saturated carbocycles. The van der Waals surface area contributed by atoms with Gasteiger partial charge in [-0.3, -0.25) is 19.1 Å². The molecular formula is C17H22N2O2S. The minimum atomic E-state index is 0.0640. The Morgan fingerprint density at radius 3 is 2.68 bits per heavy atom. The Balaban J connectivity index is 2.00. The average molecular weight is 318 g/mol. The zero-order chi connectivity index (χ0) is 15.7. The van der Waals surface area contributed by atoms with E-state index in [1.54, 1.807) is 0 Å². The van der Waals surface area contributed by atoms with Crippen LogP contribution in [0.15, 0.2) is 23.0 Å². The van der Waals surface area contributed by atoms with Crippen LogP contribution in [0.3, 0.4) is 0 Å². The van der Waals surface area contributed by atoms with Crippen LogP contribution in [0.25, 0.3) is 10.2 Å². The predicted molar refractivity (Wildman–Crippen MR) is 90.8 cm³/mol. The Hall–Kier alpha value is -1.46. The van der Waals surface area contributed by atoms with Gasteiger partial charge in [-0.25, -0.2) is 0 Å². The van der Waals surface area contributed by atoms with Crippen LogP contribution in [0.1, 0.15) is 56.1 Å². The number of fused-ring (bicyclic) bond motifs is 1. The Labute approximate surface area is 134 Å². The van der Waals surface area contributed by atoms with Gasteiger partial charge in [0.2, 0.25) is 0 Å². The van der Waals surface area contributed by atoms with Gasteiger partial charge in [-0.2, -0.15) is 0 Å². The van der Waals surface area contributed by atoms with Gasteiger partial charge in [0.25, 0.3) is 0 Å². The van der Waals surface area contributed by atoms with E-state index >= 15 is 0 Å². The number of likely N-dealkylation sites (tertiary alicyclic amines) is 1. The summed E-state index contributed by atoms with van der Waals surface area (Å²) in [6.07, 6.45) is 4.26. The third kappa shape index (κ3) is 2.75. The molecule has 1 aromatic carbocycles. The quantitative estimate of drug-likeness (QED) is 0.808. The van der Waals surface area contributed by atoms with E-state index in [2.05, 4.69) is 11.8 Å². The van der Waals surface area contributed by atoms with Crippen molar-refractivity contribution in [3.05, 3.63) is 33.4 Å². The Morgan fingerprint density at radius 2 is 2.00 bits per heavy atom. The van der Waals surface area contributed by atoms with Crippen LogP contribution in [-0.2, 0) is 0 Å². The Kier molecular flexibility index (Phi) is 4.45. The molecule has 0 N–H and O–H groups in total. The lowest BCUT2D eigenvalue weighted by atomic mass is 10.1. The van der Waals surface area contributed by atoms with Crippen molar-refractivity contribution in [2.75, 3.05) is 13.1 Å². The summed E-state index contributed by atoms with van der Waals surface area (Å²) in [6, 6.07) is 5.64. The molecule has 0 spiro atoms. The first kappa shape index (κ1) is 15.4. The van der Waals surface area contributed by atoms with Crippen molar-refractivity contribution in [3.8, 4) is 0 Å². The van der Waals surface area contributed by atoms with Crippen LogP contribution in [0.2, 0.25) is 0 Å². The fraction of sp³-hybridized carbons (Fsp3) is 0.529. The number of aromatic nitrogens is 1. The molecule has 2 aromatic rings. The first-order valence-corrected chi connectivity index (χ1v) is 8.86. The molecule has 2 heterocycles. The molecule has 0 aliphatic carbocycles. The molecule has 1 unspecified atom stereocenters. The van der Waals surface area contributed by atoms with Gasteiger partial charge in [0, 0.05) is 25.1 Å². The molecule has 5 heteroatoms. The van der Waals surface area contributed by atoms with Crippen LogP contribution in [0.4, 0.5) is 0 Å². The topological polar surface area (TPSA) is 42.3 Å². The number of hydrogen-bond donors (Lipinski definition) is 0. The van der Waals surface area contributed by atoms with E-state index in [-0.39, 0.29) is 16.8 Å². The van der Waals surface area contributed by atoms with Crippen LogP contribution < -0.4 is 4.87 Å². The summed E-state index contributed by atoms with van der Waals surface area (Å²) in [6.45, 7) is 6.07. The second kappa shape index (κ2) is 6.34. The number of nitrogens with zero attached hydrogens (tertiary/aromatic N) is 2. The fourth-order valence-electron chi connectivity index (χ4n) is 3.22. The number of Topliss-reactive ketones (excluding diaryl/α,β-unsaturated/α-hetero) is 1. The molecule has 3 rings (SSSR count). The van der Waals surface area contributed by atoms with Crippen molar-refractivity contribution in [3.63, 3.8) is 0 Å². The number of thiazole rings is 1. The number of carbonyl (C=O) groups excluding carboxylic acids is 1. The number of rotatable bonds is 4. The number of piperidine rings is 1. The average Bonchev–Trinajstić information content (AvgIpc) is 2.89. The monoisotopic (exact) mass is 318 g/mol. The van der Waals surface area contributed by atoms with Crippen molar-refractivity contribution < 1.29 is 4.79 Å². The first-order chi connectivity index (χ1) is 10.6. The molecule has 0 bridgehead atoms. The van der Waals surface area contributed by atoms with Crippen molar-refractivity contribution in [2.24, 2.45) is 0 Å². The van der Waals surface area contributed by atoms with Crippen molar-refractivity contribution in [2.45, 2.75) is 45.7 Å². The maximum Gasteiger partial charge on any atom is 0.309 e. The first-order valence-electron chi connectivity index (χ1n) is 8.04. The van der Waals surface area contributed by atoms with E-state index < -0.39 is 0 Å². The molecule has 1 aromatic heterocycles. The molecule has 1 saturated heterocycles. The van der Waals surface area contributed by atoms with Gasteiger partial charge in [0.05, 0.1) is 16.4 Å². The molecule has 0 amide bonds. The SMILES string of the molecule is CCC(=O)c1ccc2c(c1)sc(=O)n2C(C)N1CCCCC1. The lowest BCUT2D eigenvalue weighted by molar-refractivity contribution is 0.0988. The maximum absolute atomic E-state index is 12.4. The molecular weight excluding hydrogens is 296 g/mol. The minimum Gasteiger partial charge on any atom is -0.294 e. The Bertz CT molecular complexity index is 741. The van der Waals surface area contributed by atoms with Crippen molar-refractivity contribution in [1.82, 2.24) is 9.47 Å². The highest BCUT2D eigenvalue weighted by Gasteiger charge is 2.22. The fourth-order valence-corrected chi connectivity index (χ4v) is 4.22. The van der Waals surface area contributed by atoms with E-state index in [4.69, 9.17) is 0 Å². The zero-order valence-corrected chi connectivity index (χ0v) is 14.0. The van der Waals surface area contributed by atoms with E-state index in [1.165, 1.54) is 30.6 Å². The third-order valence-electron chi connectivity index (χ3n) is 4.55. The van der Waals surface area contributed by atoms with Gasteiger partial charge < -0.3 is 0 Å². The summed E-state index contributed by atoms with van der Waals surface area (Å²) in [5.74, 6) is 0.123. The standard InChI is InChI=1S/C17H22N2O2S/c1-3-15(20)13-7-8-14-16(11-13)22-17(21)19(14)12(2)18-9-5-4-6-10-18/h7-8,11-12H,3-6,9-10H2,1-2H3. The summed E-state index contributed by atoms with van der Waals surface area (Å²) >= 11 is 1.24. The van der Waals surface area contributed by atoms with Gasteiger partial charge in [-0.05, 0) is 38.0 Å². The van der Waals surface area contributed by atoms with Crippen LogP contribution in [0.5, 0.6) is 0 Å². The highest BCUT2D eigenvalue weighted by molar-refractivity contribution is 7.16. The number of hydrogen-bond acceptors (Lipinski definition) is 4. The largest absolute Gasteiger partial charge is 0.309 e. The molecule has 4 nitrogen and oxygen atoms in total. The third-order valence-corrected chi connectivity index (χ3v) is 5.47. The van der Waals surface area contributed by atoms with Gasteiger partial charge in [-0.15, -0.1) is 0 Å². The molecule has 1 atom stereocenters. The number of ketones is 1. The van der Waals surface area contributed by atoms with E-state index in [0.717, 1.165) is 23.3 Å². The smallest absolute Gasteiger partial charge is 0.294 e. The van der Waals surface area contributed by atoms with Crippen LogP contribution >= 0.6 is 11.3 Å². The molecule has 1 aliphatic rings. The summed E-state index contributed by atoms with van der Waals surface area (Å²) in [5.41, 5.74) is 1.65. The second-order valence-electron chi connectivity index (χ2n) is 5.93. The van der Waals surface area contributed by atoms with Crippen LogP contribution in [-0.4, -0.2) is 28.3 Å². The minimum absolute atomic E-state index is 0.0640. The number of carbonyl (C=O) groups is 1. The van der Waals surface area contributed by atoms with E-state index in [0.29, 0.717) is 12.0 Å². The summed E-state index contributed by atoms with van der Waals surface area (Å²) < 4.78 is 2.79. The molecule has 1 fully saturated rings. The van der Waals surface area contributed by atoms with Gasteiger partial charge in [0.15, 0.2) is 5.78 Å². The molecule has 118 valence electrons. The lowest BCUT2D eigenvalue weighted by Crippen LogP contribution is -2.37.